The Balaban J connectivity index is 2.52. The summed E-state index contributed by atoms with van der Waals surface area (Å²) in [6.07, 6.45) is 2.19. The van der Waals surface area contributed by atoms with Crippen molar-refractivity contribution in [2.75, 3.05) is 11.9 Å². The number of aryl methyl sites for hydroxylation is 2. The summed E-state index contributed by atoms with van der Waals surface area (Å²) in [4.78, 5) is 0. The van der Waals surface area contributed by atoms with E-state index in [9.17, 15) is 0 Å². The van der Waals surface area contributed by atoms with Crippen molar-refractivity contribution in [3.05, 3.63) is 11.3 Å². The lowest BCUT2D eigenvalue weighted by atomic mass is 10.2. The quantitative estimate of drug-likeness (QED) is 0.647. The molecule has 0 saturated carbocycles. The van der Waals surface area contributed by atoms with Crippen LogP contribution in [0.4, 0.5) is 5.82 Å². The monoisotopic (exact) mass is 151 g/mol. The zero-order chi connectivity index (χ0) is 7.84. The van der Waals surface area contributed by atoms with Crippen molar-refractivity contribution in [1.29, 1.82) is 0 Å². The third kappa shape index (κ3) is 0.836. The molecule has 1 aliphatic heterocycles. The molecule has 0 amide bonds. The minimum absolute atomic E-state index is 1.05. The standard InChI is InChI=1S/C8H13N3/c1-3-7-6-4-5-9-8(6)11(2)10-7/h9H,3-5H2,1-2H3. The highest BCUT2D eigenvalue weighted by molar-refractivity contribution is 5.52. The van der Waals surface area contributed by atoms with Gasteiger partial charge in [0.15, 0.2) is 0 Å². The normalized spacial score (nSPS) is 14.7. The molecule has 3 heteroatoms. The molecule has 0 aromatic carbocycles. The second-order valence-electron chi connectivity index (χ2n) is 2.93. The number of hydrogen-bond acceptors (Lipinski definition) is 2. The first-order valence-electron chi connectivity index (χ1n) is 4.11. The van der Waals surface area contributed by atoms with E-state index in [0.717, 1.165) is 19.4 Å². The van der Waals surface area contributed by atoms with E-state index < -0.39 is 0 Å². The van der Waals surface area contributed by atoms with Crippen LogP contribution < -0.4 is 5.32 Å². The molecule has 0 atom stereocenters. The fourth-order valence-electron chi connectivity index (χ4n) is 1.70. The van der Waals surface area contributed by atoms with Crippen LogP contribution in [0.1, 0.15) is 18.2 Å². The summed E-state index contributed by atoms with van der Waals surface area (Å²) in [7, 11) is 2.00. The van der Waals surface area contributed by atoms with E-state index in [1.807, 2.05) is 11.7 Å². The molecule has 0 aliphatic carbocycles. The number of nitrogens with one attached hydrogen (secondary N) is 1. The van der Waals surface area contributed by atoms with Crippen molar-refractivity contribution in [3.8, 4) is 0 Å². The molecule has 0 saturated heterocycles. The molecule has 11 heavy (non-hydrogen) atoms. The predicted octanol–water partition coefficient (Wildman–Crippen LogP) is 0.950. The minimum Gasteiger partial charge on any atom is -0.370 e. The Labute approximate surface area is 66.4 Å². The van der Waals surface area contributed by atoms with E-state index >= 15 is 0 Å². The van der Waals surface area contributed by atoms with Crippen LogP contribution in [0.5, 0.6) is 0 Å². The molecule has 0 radical (unpaired) electrons. The first kappa shape index (κ1) is 6.70. The topological polar surface area (TPSA) is 29.9 Å². The Kier molecular flexibility index (Phi) is 1.37. The Bertz CT molecular complexity index is 275. The van der Waals surface area contributed by atoms with Crippen LogP contribution in [-0.4, -0.2) is 16.3 Å². The van der Waals surface area contributed by atoms with Crippen molar-refractivity contribution in [2.24, 2.45) is 7.05 Å². The molecular weight excluding hydrogens is 138 g/mol. The van der Waals surface area contributed by atoms with Crippen molar-refractivity contribution in [1.82, 2.24) is 9.78 Å². The second kappa shape index (κ2) is 2.26. The molecule has 1 aromatic heterocycles. The molecule has 2 heterocycles. The van der Waals surface area contributed by atoms with Gasteiger partial charge in [-0.25, -0.2) is 0 Å². The summed E-state index contributed by atoms with van der Waals surface area (Å²) in [5.41, 5.74) is 2.68. The van der Waals surface area contributed by atoms with Gasteiger partial charge in [0.05, 0.1) is 5.69 Å². The number of nitrogens with zero attached hydrogens (tertiary/aromatic N) is 2. The Morgan fingerprint density at radius 1 is 1.64 bits per heavy atom. The molecule has 2 rings (SSSR count). The summed E-state index contributed by atoms with van der Waals surface area (Å²) < 4.78 is 1.95. The van der Waals surface area contributed by atoms with E-state index in [1.165, 1.54) is 17.1 Å². The maximum absolute atomic E-state index is 4.40. The molecular formula is C8H13N3. The van der Waals surface area contributed by atoms with Gasteiger partial charge in [-0.1, -0.05) is 6.92 Å². The van der Waals surface area contributed by atoms with Gasteiger partial charge in [-0.05, 0) is 12.8 Å². The zero-order valence-corrected chi connectivity index (χ0v) is 7.02. The molecule has 3 nitrogen and oxygen atoms in total. The van der Waals surface area contributed by atoms with Crippen LogP contribution in [0, 0.1) is 0 Å². The summed E-state index contributed by atoms with van der Waals surface area (Å²) in [5, 5.41) is 7.73. The smallest absolute Gasteiger partial charge is 0.127 e. The molecule has 1 aromatic rings. The average molecular weight is 151 g/mol. The van der Waals surface area contributed by atoms with Gasteiger partial charge in [0, 0.05) is 19.2 Å². The summed E-state index contributed by atoms with van der Waals surface area (Å²) >= 11 is 0. The highest BCUT2D eigenvalue weighted by atomic mass is 15.3. The maximum Gasteiger partial charge on any atom is 0.127 e. The summed E-state index contributed by atoms with van der Waals surface area (Å²) in [6.45, 7) is 3.23. The SMILES string of the molecule is CCc1nn(C)c2c1CCN2. The number of hydrogen-bond donors (Lipinski definition) is 1. The van der Waals surface area contributed by atoms with Crippen LogP contribution in [0.15, 0.2) is 0 Å². The van der Waals surface area contributed by atoms with Gasteiger partial charge in [0.2, 0.25) is 0 Å². The zero-order valence-electron chi connectivity index (χ0n) is 7.02. The second-order valence-corrected chi connectivity index (χ2v) is 2.93. The average Bonchev–Trinajstić information content (AvgIpc) is 2.54. The van der Waals surface area contributed by atoms with Crippen molar-refractivity contribution in [2.45, 2.75) is 19.8 Å². The first-order chi connectivity index (χ1) is 5.33. The molecule has 1 N–H and O–H groups in total. The molecule has 0 unspecified atom stereocenters. The molecule has 0 bridgehead atoms. The fourth-order valence-corrected chi connectivity index (χ4v) is 1.70. The number of aromatic nitrogens is 2. The van der Waals surface area contributed by atoms with Gasteiger partial charge in [0.25, 0.3) is 0 Å². The molecule has 0 spiro atoms. The minimum atomic E-state index is 1.05. The first-order valence-corrected chi connectivity index (χ1v) is 4.11. The van der Waals surface area contributed by atoms with Gasteiger partial charge < -0.3 is 5.32 Å². The molecule has 60 valence electrons. The number of fused-ring (bicyclic) bond motifs is 1. The lowest BCUT2D eigenvalue weighted by molar-refractivity contribution is 0.746. The Hall–Kier alpha value is -0.990. The van der Waals surface area contributed by atoms with Crippen LogP contribution in [0.3, 0.4) is 0 Å². The van der Waals surface area contributed by atoms with Gasteiger partial charge >= 0.3 is 0 Å². The van der Waals surface area contributed by atoms with E-state index in [1.54, 1.807) is 0 Å². The van der Waals surface area contributed by atoms with Crippen LogP contribution >= 0.6 is 0 Å². The van der Waals surface area contributed by atoms with Crippen LogP contribution in [0.25, 0.3) is 0 Å². The Morgan fingerprint density at radius 2 is 2.45 bits per heavy atom. The van der Waals surface area contributed by atoms with Crippen molar-refractivity contribution >= 4 is 5.82 Å². The van der Waals surface area contributed by atoms with Crippen molar-refractivity contribution in [3.63, 3.8) is 0 Å². The molecule has 0 fully saturated rings. The van der Waals surface area contributed by atoms with Gasteiger partial charge in [0.1, 0.15) is 5.82 Å². The van der Waals surface area contributed by atoms with E-state index in [0.29, 0.717) is 0 Å². The van der Waals surface area contributed by atoms with Crippen LogP contribution in [-0.2, 0) is 19.9 Å². The summed E-state index contributed by atoms with van der Waals surface area (Å²) in [5.74, 6) is 1.22. The van der Waals surface area contributed by atoms with Gasteiger partial charge in [-0.15, -0.1) is 0 Å². The van der Waals surface area contributed by atoms with Crippen LogP contribution in [0.2, 0.25) is 0 Å². The fraction of sp³-hybridized carbons (Fsp3) is 0.625. The van der Waals surface area contributed by atoms with E-state index in [2.05, 4.69) is 17.3 Å². The summed E-state index contributed by atoms with van der Waals surface area (Å²) in [6, 6.07) is 0. The van der Waals surface area contributed by atoms with Gasteiger partial charge in [-0.3, -0.25) is 4.68 Å². The van der Waals surface area contributed by atoms with E-state index in [-0.39, 0.29) is 0 Å². The number of rotatable bonds is 1. The highest BCUT2D eigenvalue weighted by Crippen LogP contribution is 2.24. The van der Waals surface area contributed by atoms with Crippen molar-refractivity contribution < 1.29 is 0 Å². The lowest BCUT2D eigenvalue weighted by Crippen LogP contribution is -2.01. The largest absolute Gasteiger partial charge is 0.370 e. The maximum atomic E-state index is 4.40. The number of anilines is 1. The third-order valence-electron chi connectivity index (χ3n) is 2.23. The van der Waals surface area contributed by atoms with Gasteiger partial charge in [-0.2, -0.15) is 5.10 Å². The Morgan fingerprint density at radius 3 is 3.18 bits per heavy atom. The third-order valence-corrected chi connectivity index (χ3v) is 2.23. The molecule has 1 aliphatic rings. The highest BCUT2D eigenvalue weighted by Gasteiger charge is 2.18. The van der Waals surface area contributed by atoms with E-state index in [4.69, 9.17) is 0 Å². The lowest BCUT2D eigenvalue weighted by Gasteiger charge is -1.96. The predicted molar refractivity (Wildman–Crippen MR) is 44.8 cm³/mol.